The SMILES string of the molecule is C=CCCC1(C(=O)OC)CCC1. The molecule has 1 aliphatic carbocycles. The number of methoxy groups -OCH3 is 1. The first-order valence-electron chi connectivity index (χ1n) is 4.44. The first-order valence-corrected chi connectivity index (χ1v) is 4.44. The van der Waals surface area contributed by atoms with Gasteiger partial charge >= 0.3 is 5.97 Å². The fourth-order valence-corrected chi connectivity index (χ4v) is 1.75. The topological polar surface area (TPSA) is 26.3 Å². The molecule has 0 radical (unpaired) electrons. The van der Waals surface area contributed by atoms with E-state index in [9.17, 15) is 4.79 Å². The highest BCUT2D eigenvalue weighted by molar-refractivity contribution is 5.77. The zero-order valence-corrected chi connectivity index (χ0v) is 7.64. The second kappa shape index (κ2) is 3.74. The van der Waals surface area contributed by atoms with E-state index in [1.807, 2.05) is 6.08 Å². The molecule has 12 heavy (non-hydrogen) atoms. The second-order valence-corrected chi connectivity index (χ2v) is 3.45. The van der Waals surface area contributed by atoms with Crippen LogP contribution in [0.5, 0.6) is 0 Å². The number of allylic oxidation sites excluding steroid dienone is 1. The standard InChI is InChI=1S/C10H16O2/c1-3-4-6-10(7-5-8-10)9(11)12-2/h3H,1,4-8H2,2H3. The predicted molar refractivity (Wildman–Crippen MR) is 47.7 cm³/mol. The van der Waals surface area contributed by atoms with Crippen molar-refractivity contribution in [1.29, 1.82) is 0 Å². The Morgan fingerprint density at radius 1 is 1.67 bits per heavy atom. The molecule has 0 spiro atoms. The number of rotatable bonds is 4. The zero-order chi connectivity index (χ0) is 9.03. The molecule has 0 atom stereocenters. The molecule has 2 heteroatoms. The Hall–Kier alpha value is -0.790. The van der Waals surface area contributed by atoms with Crippen molar-refractivity contribution in [2.75, 3.05) is 7.11 Å². The summed E-state index contributed by atoms with van der Waals surface area (Å²) in [4.78, 5) is 11.4. The van der Waals surface area contributed by atoms with E-state index in [4.69, 9.17) is 4.74 Å². The van der Waals surface area contributed by atoms with Gasteiger partial charge in [0.05, 0.1) is 12.5 Å². The van der Waals surface area contributed by atoms with Crippen LogP contribution in [0.4, 0.5) is 0 Å². The molecule has 0 heterocycles. The van der Waals surface area contributed by atoms with E-state index < -0.39 is 0 Å². The molecule has 2 nitrogen and oxygen atoms in total. The lowest BCUT2D eigenvalue weighted by atomic mass is 9.66. The first-order chi connectivity index (χ1) is 5.75. The van der Waals surface area contributed by atoms with Crippen LogP contribution in [0.2, 0.25) is 0 Å². The summed E-state index contributed by atoms with van der Waals surface area (Å²) in [6.45, 7) is 3.66. The molecule has 0 aliphatic heterocycles. The zero-order valence-electron chi connectivity index (χ0n) is 7.64. The van der Waals surface area contributed by atoms with E-state index >= 15 is 0 Å². The van der Waals surface area contributed by atoms with Gasteiger partial charge in [-0.25, -0.2) is 0 Å². The Labute approximate surface area is 73.6 Å². The maximum Gasteiger partial charge on any atom is 0.311 e. The van der Waals surface area contributed by atoms with E-state index in [0.717, 1.165) is 32.1 Å². The fourth-order valence-electron chi connectivity index (χ4n) is 1.75. The Morgan fingerprint density at radius 2 is 2.33 bits per heavy atom. The Morgan fingerprint density at radius 3 is 2.67 bits per heavy atom. The first kappa shape index (κ1) is 9.30. The van der Waals surface area contributed by atoms with Gasteiger partial charge in [0, 0.05) is 0 Å². The summed E-state index contributed by atoms with van der Waals surface area (Å²) in [6, 6.07) is 0. The minimum absolute atomic E-state index is 0.0319. The van der Waals surface area contributed by atoms with Crippen molar-refractivity contribution >= 4 is 5.97 Å². The van der Waals surface area contributed by atoms with Crippen molar-refractivity contribution in [2.24, 2.45) is 5.41 Å². The van der Waals surface area contributed by atoms with Crippen molar-refractivity contribution in [1.82, 2.24) is 0 Å². The third-order valence-electron chi connectivity index (χ3n) is 2.76. The van der Waals surface area contributed by atoms with Gasteiger partial charge in [-0.15, -0.1) is 6.58 Å². The van der Waals surface area contributed by atoms with E-state index in [-0.39, 0.29) is 11.4 Å². The van der Waals surface area contributed by atoms with Gasteiger partial charge in [-0.2, -0.15) is 0 Å². The molecule has 68 valence electrons. The molecule has 0 saturated heterocycles. The molecule has 0 aromatic carbocycles. The van der Waals surface area contributed by atoms with E-state index in [1.54, 1.807) is 0 Å². The third kappa shape index (κ3) is 1.52. The lowest BCUT2D eigenvalue weighted by Gasteiger charge is -2.38. The van der Waals surface area contributed by atoms with Gasteiger partial charge in [0.2, 0.25) is 0 Å². The summed E-state index contributed by atoms with van der Waals surface area (Å²) < 4.78 is 4.78. The predicted octanol–water partition coefficient (Wildman–Crippen LogP) is 2.30. The van der Waals surface area contributed by atoms with Gasteiger partial charge < -0.3 is 4.74 Å². The number of hydrogen-bond donors (Lipinski definition) is 0. The molecule has 0 aromatic rings. The molecular formula is C10H16O2. The molecule has 0 amide bonds. The molecule has 0 N–H and O–H groups in total. The van der Waals surface area contributed by atoms with E-state index in [0.29, 0.717) is 0 Å². The highest BCUT2D eigenvalue weighted by Crippen LogP contribution is 2.45. The number of ether oxygens (including phenoxy) is 1. The van der Waals surface area contributed by atoms with E-state index in [1.165, 1.54) is 7.11 Å². The van der Waals surface area contributed by atoms with Gasteiger partial charge in [0.1, 0.15) is 0 Å². The molecule has 0 unspecified atom stereocenters. The third-order valence-corrected chi connectivity index (χ3v) is 2.76. The molecule has 0 aromatic heterocycles. The summed E-state index contributed by atoms with van der Waals surface area (Å²) in [5.74, 6) is -0.0319. The fraction of sp³-hybridized carbons (Fsp3) is 0.700. The molecule has 0 bridgehead atoms. The Bertz CT molecular complexity index is 180. The van der Waals surface area contributed by atoms with Crippen LogP contribution < -0.4 is 0 Å². The Balaban J connectivity index is 2.50. The largest absolute Gasteiger partial charge is 0.469 e. The quantitative estimate of drug-likeness (QED) is 0.475. The van der Waals surface area contributed by atoms with Crippen molar-refractivity contribution < 1.29 is 9.53 Å². The summed E-state index contributed by atoms with van der Waals surface area (Å²) in [7, 11) is 1.47. The normalized spacial score (nSPS) is 19.4. The van der Waals surface area contributed by atoms with Crippen molar-refractivity contribution in [2.45, 2.75) is 32.1 Å². The van der Waals surface area contributed by atoms with Gasteiger partial charge in [0.25, 0.3) is 0 Å². The second-order valence-electron chi connectivity index (χ2n) is 3.45. The van der Waals surface area contributed by atoms with E-state index in [2.05, 4.69) is 6.58 Å². The number of esters is 1. The highest BCUT2D eigenvalue weighted by Gasteiger charge is 2.44. The number of carbonyl (C=O) groups excluding carboxylic acids is 1. The molecular weight excluding hydrogens is 152 g/mol. The van der Waals surface area contributed by atoms with Gasteiger partial charge in [-0.3, -0.25) is 4.79 Å². The number of carbonyl (C=O) groups is 1. The Kier molecular flexibility index (Phi) is 2.90. The van der Waals surface area contributed by atoms with Crippen LogP contribution in [-0.2, 0) is 9.53 Å². The van der Waals surface area contributed by atoms with Crippen LogP contribution in [0.15, 0.2) is 12.7 Å². The van der Waals surface area contributed by atoms with Crippen LogP contribution in [0.1, 0.15) is 32.1 Å². The van der Waals surface area contributed by atoms with Gasteiger partial charge in [0.15, 0.2) is 0 Å². The smallest absolute Gasteiger partial charge is 0.311 e. The van der Waals surface area contributed by atoms with Crippen LogP contribution >= 0.6 is 0 Å². The molecule has 1 fully saturated rings. The minimum atomic E-state index is -0.150. The van der Waals surface area contributed by atoms with Crippen LogP contribution in [0, 0.1) is 5.41 Å². The summed E-state index contributed by atoms with van der Waals surface area (Å²) in [5.41, 5.74) is -0.150. The van der Waals surface area contributed by atoms with Crippen molar-refractivity contribution in [3.8, 4) is 0 Å². The van der Waals surface area contributed by atoms with Crippen molar-refractivity contribution in [3.63, 3.8) is 0 Å². The average molecular weight is 168 g/mol. The summed E-state index contributed by atoms with van der Waals surface area (Å²) in [5, 5.41) is 0. The van der Waals surface area contributed by atoms with Crippen LogP contribution in [-0.4, -0.2) is 13.1 Å². The number of hydrogen-bond acceptors (Lipinski definition) is 2. The van der Waals surface area contributed by atoms with Crippen molar-refractivity contribution in [3.05, 3.63) is 12.7 Å². The lowest BCUT2D eigenvalue weighted by molar-refractivity contribution is -0.158. The molecule has 1 saturated carbocycles. The maximum absolute atomic E-state index is 11.4. The van der Waals surface area contributed by atoms with Crippen LogP contribution in [0.3, 0.4) is 0 Å². The van der Waals surface area contributed by atoms with Gasteiger partial charge in [-0.05, 0) is 25.7 Å². The minimum Gasteiger partial charge on any atom is -0.469 e. The van der Waals surface area contributed by atoms with Crippen LogP contribution in [0.25, 0.3) is 0 Å². The lowest BCUT2D eigenvalue weighted by Crippen LogP contribution is -2.38. The summed E-state index contributed by atoms with van der Waals surface area (Å²) in [6.07, 6.45) is 6.83. The average Bonchev–Trinajstić information content (AvgIpc) is 2.02. The molecule has 1 rings (SSSR count). The van der Waals surface area contributed by atoms with Gasteiger partial charge in [-0.1, -0.05) is 12.5 Å². The summed E-state index contributed by atoms with van der Waals surface area (Å²) >= 11 is 0. The highest BCUT2D eigenvalue weighted by atomic mass is 16.5. The monoisotopic (exact) mass is 168 g/mol. The molecule has 1 aliphatic rings. The maximum atomic E-state index is 11.4.